The molecule has 13 heteroatoms. The van der Waals surface area contributed by atoms with Gasteiger partial charge in [0, 0.05) is 33.9 Å². The number of tetrazole rings is 1. The molecule has 4 heterocycles. The number of ether oxygens (including phenoxy) is 1. The van der Waals surface area contributed by atoms with E-state index in [9.17, 15) is 14.4 Å². The first kappa shape index (κ1) is 24.5. The van der Waals surface area contributed by atoms with Crippen molar-refractivity contribution in [1.29, 1.82) is 0 Å². The molecule has 1 amide bonds. The van der Waals surface area contributed by atoms with Gasteiger partial charge in [-0.05, 0) is 71.3 Å². The van der Waals surface area contributed by atoms with E-state index < -0.39 is 23.4 Å². The number of rotatable bonds is 5. The lowest BCUT2D eigenvalue weighted by Crippen LogP contribution is -2.31. The zero-order chi connectivity index (χ0) is 27.3. The number of nitrogens with one attached hydrogen (secondary N) is 2. The Morgan fingerprint density at radius 1 is 1.18 bits per heavy atom. The third-order valence-electron chi connectivity index (χ3n) is 6.69. The van der Waals surface area contributed by atoms with Gasteiger partial charge in [-0.2, -0.15) is 4.68 Å². The molecule has 0 radical (unpaired) electrons. The van der Waals surface area contributed by atoms with Crippen molar-refractivity contribution < 1.29 is 18.7 Å². The quantitative estimate of drug-likeness (QED) is 0.320. The van der Waals surface area contributed by atoms with Gasteiger partial charge in [0.1, 0.15) is 18.1 Å². The van der Waals surface area contributed by atoms with Crippen LogP contribution in [0.2, 0.25) is 5.02 Å². The van der Waals surface area contributed by atoms with Gasteiger partial charge < -0.3 is 19.6 Å². The normalized spacial score (nSPS) is 14.4. The van der Waals surface area contributed by atoms with E-state index in [1.54, 1.807) is 36.4 Å². The van der Waals surface area contributed by atoms with Crippen molar-refractivity contribution >= 4 is 40.1 Å². The average molecular weight is 548 g/mol. The molecule has 11 nitrogen and oxygen atoms in total. The molecule has 0 spiro atoms. The van der Waals surface area contributed by atoms with Crippen molar-refractivity contribution in [3.63, 3.8) is 0 Å². The fraction of sp³-hybridized carbons (Fsp3) is 0.154. The van der Waals surface area contributed by atoms with Crippen molar-refractivity contribution in [2.45, 2.75) is 18.9 Å². The van der Waals surface area contributed by atoms with Gasteiger partial charge in [-0.3, -0.25) is 9.59 Å². The zero-order valence-corrected chi connectivity index (χ0v) is 21.1. The Kier molecular flexibility index (Phi) is 5.95. The van der Waals surface area contributed by atoms with Crippen LogP contribution in [0.25, 0.3) is 27.7 Å². The van der Waals surface area contributed by atoms with Crippen LogP contribution in [0.3, 0.4) is 0 Å². The number of carbonyl (C=O) groups is 2. The summed E-state index contributed by atoms with van der Waals surface area (Å²) in [5.74, 6) is -1.58. The highest BCUT2D eigenvalue weighted by Crippen LogP contribution is 2.35. The summed E-state index contributed by atoms with van der Waals surface area (Å²) in [7, 11) is 1.29. The summed E-state index contributed by atoms with van der Waals surface area (Å²) < 4.78 is 22.7. The number of nitrogens with zero attached hydrogens (tertiary/aromatic N) is 5. The highest BCUT2D eigenvalue weighted by atomic mass is 35.5. The Balaban J connectivity index is 1.31. The Hall–Kier alpha value is -4.84. The molecule has 0 fully saturated rings. The number of aromatic nitrogens is 6. The maximum absolute atomic E-state index is 15.2. The number of hydrogen-bond donors (Lipinski definition) is 2. The van der Waals surface area contributed by atoms with E-state index in [-0.39, 0.29) is 16.5 Å². The maximum atomic E-state index is 15.2. The number of amides is 1. The molecule has 3 aromatic heterocycles. The molecule has 5 aromatic rings. The van der Waals surface area contributed by atoms with E-state index in [1.165, 1.54) is 34.8 Å². The second kappa shape index (κ2) is 9.48. The number of benzene rings is 2. The number of esters is 1. The Labute approximate surface area is 224 Å². The summed E-state index contributed by atoms with van der Waals surface area (Å²) in [4.78, 5) is 41.3. The first-order valence-electron chi connectivity index (χ1n) is 11.8. The molecule has 6 rings (SSSR count). The second-order valence-electron chi connectivity index (χ2n) is 8.97. The Bertz CT molecular complexity index is 1830. The van der Waals surface area contributed by atoms with Crippen molar-refractivity contribution in [2.75, 3.05) is 12.4 Å². The van der Waals surface area contributed by atoms with Gasteiger partial charge in [0.05, 0.1) is 17.8 Å². The highest BCUT2D eigenvalue weighted by Gasteiger charge is 2.31. The smallest absolute Gasteiger partial charge is 0.354 e. The average Bonchev–Trinajstić information content (AvgIpc) is 3.69. The monoisotopic (exact) mass is 547 g/mol. The lowest BCUT2D eigenvalue weighted by Gasteiger charge is -2.16. The fourth-order valence-electron chi connectivity index (χ4n) is 4.92. The predicted octanol–water partition coefficient (Wildman–Crippen LogP) is 3.68. The molecule has 1 aliphatic rings. The molecule has 39 heavy (non-hydrogen) atoms. The van der Waals surface area contributed by atoms with E-state index in [2.05, 4.69) is 25.8 Å². The molecule has 0 bridgehead atoms. The highest BCUT2D eigenvalue weighted by molar-refractivity contribution is 6.31. The van der Waals surface area contributed by atoms with Crippen LogP contribution in [0.5, 0.6) is 0 Å². The SMILES string of the molecule is COC(=O)c1cc2cc(NC(=O)[C@@H]3CCc4cc(-c5c(-n6cnnn6)ccc(Cl)c5F)cc(=O)n43)ccc2[nH]1. The molecule has 0 unspecified atom stereocenters. The zero-order valence-electron chi connectivity index (χ0n) is 20.3. The minimum Gasteiger partial charge on any atom is -0.464 e. The molecule has 0 saturated carbocycles. The fourth-order valence-corrected chi connectivity index (χ4v) is 5.08. The second-order valence-corrected chi connectivity index (χ2v) is 9.38. The molecular formula is C26H19ClFN7O4. The van der Waals surface area contributed by atoms with Crippen LogP contribution in [0.4, 0.5) is 10.1 Å². The first-order valence-corrected chi connectivity index (χ1v) is 12.2. The number of anilines is 1. The van der Waals surface area contributed by atoms with E-state index in [0.29, 0.717) is 52.1 Å². The number of carbonyl (C=O) groups excluding carboxylic acids is 2. The summed E-state index contributed by atoms with van der Waals surface area (Å²) >= 11 is 6.06. The number of halogens is 2. The van der Waals surface area contributed by atoms with Gasteiger partial charge >= 0.3 is 5.97 Å². The largest absolute Gasteiger partial charge is 0.464 e. The third kappa shape index (κ3) is 4.24. The summed E-state index contributed by atoms with van der Waals surface area (Å²) in [6, 6.07) is 11.9. The van der Waals surface area contributed by atoms with Crippen molar-refractivity contribution in [3.05, 3.63) is 87.4 Å². The summed E-state index contributed by atoms with van der Waals surface area (Å²) in [5, 5.41) is 14.5. The summed E-state index contributed by atoms with van der Waals surface area (Å²) in [6.45, 7) is 0. The number of pyridine rings is 1. The van der Waals surface area contributed by atoms with Gasteiger partial charge in [0.25, 0.3) is 5.56 Å². The van der Waals surface area contributed by atoms with Crippen LogP contribution in [0.15, 0.2) is 59.7 Å². The predicted molar refractivity (Wildman–Crippen MR) is 139 cm³/mol. The number of aryl methyl sites for hydroxylation is 1. The Morgan fingerprint density at radius 3 is 2.79 bits per heavy atom. The number of fused-ring (bicyclic) bond motifs is 2. The summed E-state index contributed by atoms with van der Waals surface area (Å²) in [5.41, 5.74) is 2.34. The molecule has 2 N–H and O–H groups in total. The molecule has 2 aromatic carbocycles. The minimum atomic E-state index is -0.753. The van der Waals surface area contributed by atoms with Crippen LogP contribution in [-0.2, 0) is 16.0 Å². The minimum absolute atomic E-state index is 0.0781. The van der Waals surface area contributed by atoms with Crippen molar-refractivity contribution in [3.8, 4) is 16.8 Å². The van der Waals surface area contributed by atoms with Gasteiger partial charge in [-0.1, -0.05) is 11.6 Å². The van der Waals surface area contributed by atoms with E-state index >= 15 is 4.39 Å². The van der Waals surface area contributed by atoms with Crippen LogP contribution in [-0.4, -0.2) is 48.7 Å². The molecular weight excluding hydrogens is 529 g/mol. The molecule has 0 saturated heterocycles. The standard InChI is InChI=1S/C26H19ClFN7O4/c1-39-26(38)19-10-13-8-15(2-5-18(13)31-19)30-25(37)21-6-3-16-9-14(11-22(36)35(16)21)23-20(34-12-29-32-33-34)7-4-17(27)24(23)28/h2,4-5,7-12,21,31H,3,6H2,1H3,(H,30,37)/t21-/m0/s1. The topological polar surface area (TPSA) is 137 Å². The number of hydrogen-bond acceptors (Lipinski definition) is 7. The van der Waals surface area contributed by atoms with E-state index in [1.807, 2.05) is 0 Å². The van der Waals surface area contributed by atoms with Crippen molar-refractivity contribution in [2.24, 2.45) is 0 Å². The molecule has 196 valence electrons. The van der Waals surface area contributed by atoms with Gasteiger partial charge in [0.15, 0.2) is 5.82 Å². The molecule has 1 atom stereocenters. The van der Waals surface area contributed by atoms with Crippen LogP contribution >= 0.6 is 11.6 Å². The maximum Gasteiger partial charge on any atom is 0.354 e. The van der Waals surface area contributed by atoms with Crippen molar-refractivity contribution in [1.82, 2.24) is 29.8 Å². The van der Waals surface area contributed by atoms with Gasteiger partial charge in [0.2, 0.25) is 5.91 Å². The van der Waals surface area contributed by atoms with Crippen LogP contribution < -0.4 is 10.9 Å². The number of H-pyrrole nitrogens is 1. The number of methoxy groups -OCH3 is 1. The van der Waals surface area contributed by atoms with E-state index in [4.69, 9.17) is 16.3 Å². The Morgan fingerprint density at radius 2 is 2.03 bits per heavy atom. The molecule has 1 aliphatic heterocycles. The lowest BCUT2D eigenvalue weighted by atomic mass is 10.0. The lowest BCUT2D eigenvalue weighted by molar-refractivity contribution is -0.119. The number of aromatic amines is 1. The van der Waals surface area contributed by atoms with Crippen LogP contribution in [0.1, 0.15) is 28.6 Å². The van der Waals surface area contributed by atoms with Crippen LogP contribution in [0, 0.1) is 5.82 Å². The van der Waals surface area contributed by atoms with Gasteiger partial charge in [-0.15, -0.1) is 5.10 Å². The first-order chi connectivity index (χ1) is 18.8. The molecule has 0 aliphatic carbocycles. The van der Waals surface area contributed by atoms with Gasteiger partial charge in [-0.25, -0.2) is 9.18 Å². The van der Waals surface area contributed by atoms with E-state index in [0.717, 1.165) is 0 Å². The third-order valence-corrected chi connectivity index (χ3v) is 6.98. The summed E-state index contributed by atoms with van der Waals surface area (Å²) in [6.07, 6.45) is 2.14.